The van der Waals surface area contributed by atoms with Crippen molar-refractivity contribution >= 4 is 33.1 Å². The predicted octanol–water partition coefficient (Wildman–Crippen LogP) is 4.32. The molecular formula is C15H21BrN4S. The molecule has 1 N–H and O–H groups in total. The zero-order chi connectivity index (χ0) is 15.6. The SMILES string of the molecule is CCNc1nc(Cc2nc(C)cs2)nc(C(C)(C)C)c1Br. The van der Waals surface area contributed by atoms with Crippen LogP contribution in [0.4, 0.5) is 5.82 Å². The summed E-state index contributed by atoms with van der Waals surface area (Å²) in [5, 5.41) is 6.42. The van der Waals surface area contributed by atoms with Crippen LogP contribution in [0.5, 0.6) is 0 Å². The summed E-state index contributed by atoms with van der Waals surface area (Å²) >= 11 is 5.30. The predicted molar refractivity (Wildman–Crippen MR) is 92.3 cm³/mol. The van der Waals surface area contributed by atoms with E-state index in [0.717, 1.165) is 39.1 Å². The van der Waals surface area contributed by atoms with Crippen LogP contribution in [0.25, 0.3) is 0 Å². The minimum atomic E-state index is -0.0422. The number of hydrogen-bond acceptors (Lipinski definition) is 5. The highest BCUT2D eigenvalue weighted by Gasteiger charge is 2.23. The lowest BCUT2D eigenvalue weighted by molar-refractivity contribution is 0.559. The van der Waals surface area contributed by atoms with Crippen molar-refractivity contribution in [2.75, 3.05) is 11.9 Å². The standard InChI is InChI=1S/C15H21BrN4S/c1-6-17-14-12(16)13(15(3,4)5)19-10(20-14)7-11-18-9(2)8-21-11/h8H,6-7H2,1-5H3,(H,17,19,20). The molecule has 114 valence electrons. The number of hydrogen-bond donors (Lipinski definition) is 1. The van der Waals surface area contributed by atoms with E-state index in [9.17, 15) is 0 Å². The molecule has 0 spiro atoms. The van der Waals surface area contributed by atoms with Crippen LogP contribution in [0.3, 0.4) is 0 Å². The molecule has 0 unspecified atom stereocenters. The van der Waals surface area contributed by atoms with Gasteiger partial charge in [0.05, 0.1) is 16.6 Å². The summed E-state index contributed by atoms with van der Waals surface area (Å²) < 4.78 is 0.955. The summed E-state index contributed by atoms with van der Waals surface area (Å²) in [6, 6.07) is 0. The highest BCUT2D eigenvalue weighted by atomic mass is 79.9. The van der Waals surface area contributed by atoms with E-state index >= 15 is 0 Å². The van der Waals surface area contributed by atoms with Crippen LogP contribution in [0, 0.1) is 6.92 Å². The van der Waals surface area contributed by atoms with Crippen molar-refractivity contribution in [3.05, 3.63) is 32.1 Å². The molecule has 0 aromatic carbocycles. The second-order valence-corrected chi connectivity index (χ2v) is 7.73. The van der Waals surface area contributed by atoms with Gasteiger partial charge in [0.1, 0.15) is 16.6 Å². The van der Waals surface area contributed by atoms with Crippen LogP contribution in [0.15, 0.2) is 9.85 Å². The first-order valence-electron chi connectivity index (χ1n) is 7.03. The van der Waals surface area contributed by atoms with Gasteiger partial charge in [-0.15, -0.1) is 11.3 Å². The second-order valence-electron chi connectivity index (χ2n) is 5.99. The third kappa shape index (κ3) is 4.01. The van der Waals surface area contributed by atoms with Gasteiger partial charge >= 0.3 is 0 Å². The first kappa shape index (κ1) is 16.4. The number of aromatic nitrogens is 3. The Hall–Kier alpha value is -1.01. The highest BCUT2D eigenvalue weighted by Crippen LogP contribution is 2.32. The Morgan fingerprint density at radius 1 is 1.24 bits per heavy atom. The topological polar surface area (TPSA) is 50.7 Å². The number of nitrogens with zero attached hydrogens (tertiary/aromatic N) is 3. The first-order valence-corrected chi connectivity index (χ1v) is 8.70. The normalized spacial score (nSPS) is 11.7. The maximum absolute atomic E-state index is 4.76. The lowest BCUT2D eigenvalue weighted by Gasteiger charge is -2.22. The molecule has 0 radical (unpaired) electrons. The lowest BCUT2D eigenvalue weighted by Crippen LogP contribution is -2.18. The molecule has 0 aliphatic rings. The van der Waals surface area contributed by atoms with Crippen molar-refractivity contribution in [3.8, 4) is 0 Å². The number of anilines is 1. The number of rotatable bonds is 4. The van der Waals surface area contributed by atoms with E-state index in [4.69, 9.17) is 4.98 Å². The summed E-state index contributed by atoms with van der Waals surface area (Å²) in [5.74, 6) is 1.68. The minimum Gasteiger partial charge on any atom is -0.369 e. The molecule has 4 nitrogen and oxygen atoms in total. The van der Waals surface area contributed by atoms with E-state index in [1.54, 1.807) is 11.3 Å². The molecule has 0 bridgehead atoms. The molecule has 21 heavy (non-hydrogen) atoms. The zero-order valence-electron chi connectivity index (χ0n) is 13.1. The molecule has 0 saturated carbocycles. The van der Waals surface area contributed by atoms with Gasteiger partial charge in [0, 0.05) is 23.0 Å². The zero-order valence-corrected chi connectivity index (χ0v) is 15.5. The first-order chi connectivity index (χ1) is 9.81. The average molecular weight is 369 g/mol. The van der Waals surface area contributed by atoms with Gasteiger partial charge in [0.25, 0.3) is 0 Å². The van der Waals surface area contributed by atoms with Gasteiger partial charge in [-0.3, -0.25) is 0 Å². The molecule has 0 fully saturated rings. The van der Waals surface area contributed by atoms with Crippen molar-refractivity contribution in [3.63, 3.8) is 0 Å². The molecule has 0 atom stereocenters. The molecule has 2 heterocycles. The smallest absolute Gasteiger partial charge is 0.144 e. The van der Waals surface area contributed by atoms with E-state index in [2.05, 4.69) is 64.3 Å². The average Bonchev–Trinajstić information content (AvgIpc) is 2.77. The largest absolute Gasteiger partial charge is 0.369 e. The van der Waals surface area contributed by atoms with Gasteiger partial charge in [-0.25, -0.2) is 15.0 Å². The van der Waals surface area contributed by atoms with Crippen LogP contribution in [0.1, 0.15) is 49.9 Å². The lowest BCUT2D eigenvalue weighted by atomic mass is 9.92. The Morgan fingerprint density at radius 3 is 2.48 bits per heavy atom. The molecule has 6 heteroatoms. The summed E-state index contributed by atoms with van der Waals surface area (Å²) in [6.07, 6.45) is 0.674. The van der Waals surface area contributed by atoms with Gasteiger partial charge < -0.3 is 5.32 Å². The van der Waals surface area contributed by atoms with Crippen LogP contribution < -0.4 is 5.32 Å². The van der Waals surface area contributed by atoms with E-state index in [1.807, 2.05) is 6.92 Å². The summed E-state index contributed by atoms with van der Waals surface area (Å²) in [7, 11) is 0. The highest BCUT2D eigenvalue weighted by molar-refractivity contribution is 9.10. The fourth-order valence-electron chi connectivity index (χ4n) is 1.97. The van der Waals surface area contributed by atoms with E-state index in [-0.39, 0.29) is 5.41 Å². The number of halogens is 1. The number of aryl methyl sites for hydroxylation is 1. The molecule has 2 aromatic heterocycles. The molecule has 0 aliphatic carbocycles. The van der Waals surface area contributed by atoms with E-state index in [0.29, 0.717) is 6.42 Å². The summed E-state index contributed by atoms with van der Waals surface area (Å²) in [5.41, 5.74) is 2.03. The Kier molecular flexibility index (Phi) is 4.99. The quantitative estimate of drug-likeness (QED) is 0.872. The van der Waals surface area contributed by atoms with E-state index < -0.39 is 0 Å². The van der Waals surface area contributed by atoms with Crippen molar-refractivity contribution in [2.45, 2.75) is 46.5 Å². The van der Waals surface area contributed by atoms with Crippen LogP contribution >= 0.6 is 27.3 Å². The Balaban J connectivity index is 2.43. The third-order valence-electron chi connectivity index (χ3n) is 2.93. The molecule has 0 amide bonds. The van der Waals surface area contributed by atoms with Gasteiger partial charge in [-0.1, -0.05) is 20.8 Å². The van der Waals surface area contributed by atoms with Crippen molar-refractivity contribution < 1.29 is 0 Å². The molecular weight excluding hydrogens is 348 g/mol. The number of thiazole rings is 1. The number of nitrogens with one attached hydrogen (secondary N) is 1. The van der Waals surface area contributed by atoms with Crippen molar-refractivity contribution in [1.29, 1.82) is 0 Å². The molecule has 0 saturated heterocycles. The van der Waals surface area contributed by atoms with Crippen LogP contribution in [-0.2, 0) is 11.8 Å². The fraction of sp³-hybridized carbons (Fsp3) is 0.533. The Morgan fingerprint density at radius 2 is 1.95 bits per heavy atom. The summed E-state index contributed by atoms with van der Waals surface area (Å²) in [4.78, 5) is 13.9. The van der Waals surface area contributed by atoms with Crippen LogP contribution in [0.2, 0.25) is 0 Å². The molecule has 2 aromatic rings. The third-order valence-corrected chi connectivity index (χ3v) is 4.65. The summed E-state index contributed by atoms with van der Waals surface area (Å²) in [6.45, 7) is 11.4. The Bertz CT molecular complexity index is 631. The molecule has 2 rings (SSSR count). The maximum atomic E-state index is 4.76. The minimum absolute atomic E-state index is 0.0422. The fourth-order valence-corrected chi connectivity index (χ4v) is 3.65. The maximum Gasteiger partial charge on any atom is 0.144 e. The van der Waals surface area contributed by atoms with Crippen LogP contribution in [-0.4, -0.2) is 21.5 Å². The Labute approximate surface area is 138 Å². The van der Waals surface area contributed by atoms with Gasteiger partial charge in [0.2, 0.25) is 0 Å². The van der Waals surface area contributed by atoms with Gasteiger partial charge in [-0.05, 0) is 29.8 Å². The van der Waals surface area contributed by atoms with Gasteiger partial charge in [0.15, 0.2) is 0 Å². The van der Waals surface area contributed by atoms with Gasteiger partial charge in [-0.2, -0.15) is 0 Å². The second kappa shape index (κ2) is 6.40. The van der Waals surface area contributed by atoms with Crippen molar-refractivity contribution in [1.82, 2.24) is 15.0 Å². The monoisotopic (exact) mass is 368 g/mol. The van der Waals surface area contributed by atoms with E-state index in [1.165, 1.54) is 0 Å². The van der Waals surface area contributed by atoms with Crippen molar-refractivity contribution in [2.24, 2.45) is 0 Å². The molecule has 0 aliphatic heterocycles.